The molecule has 1 aliphatic carbocycles. The van der Waals surface area contributed by atoms with Crippen LogP contribution in [0.5, 0.6) is 0 Å². The zero-order chi connectivity index (χ0) is 41.0. The molecular formula is C60H38N2. The van der Waals surface area contributed by atoms with E-state index in [0.29, 0.717) is 5.82 Å². The second-order valence-electron chi connectivity index (χ2n) is 16.1. The van der Waals surface area contributed by atoms with Gasteiger partial charge in [-0.15, -0.1) is 0 Å². The molecule has 2 heteroatoms. The summed E-state index contributed by atoms with van der Waals surface area (Å²) >= 11 is 0. The number of hydrogen-bond donors (Lipinski definition) is 0. The van der Waals surface area contributed by atoms with Gasteiger partial charge in [0.2, 0.25) is 0 Å². The largest absolute Gasteiger partial charge is 0.228 e. The number of hydrogen-bond acceptors (Lipinski definition) is 2. The Bertz CT molecular complexity index is 3460. The molecule has 0 spiro atoms. The van der Waals surface area contributed by atoms with Gasteiger partial charge in [-0.05, 0) is 113 Å². The van der Waals surface area contributed by atoms with E-state index >= 15 is 0 Å². The maximum Gasteiger partial charge on any atom is 0.160 e. The van der Waals surface area contributed by atoms with Gasteiger partial charge in [-0.2, -0.15) is 0 Å². The molecule has 0 radical (unpaired) electrons. The predicted molar refractivity (Wildman–Crippen MR) is 260 cm³/mol. The lowest BCUT2D eigenvalue weighted by molar-refractivity contribution is 1.18. The van der Waals surface area contributed by atoms with E-state index in [4.69, 9.17) is 9.97 Å². The summed E-state index contributed by atoms with van der Waals surface area (Å²) < 4.78 is 0. The van der Waals surface area contributed by atoms with Crippen LogP contribution in [0.25, 0.3) is 122 Å². The molecule has 1 heterocycles. The first-order chi connectivity index (χ1) is 30.7. The van der Waals surface area contributed by atoms with Gasteiger partial charge in [0.15, 0.2) is 5.82 Å². The quantitative estimate of drug-likeness (QED) is 0.161. The Morgan fingerprint density at radius 3 is 1.19 bits per heavy atom. The van der Waals surface area contributed by atoms with Crippen LogP contribution in [0.2, 0.25) is 0 Å². The molecule has 1 aromatic heterocycles. The molecule has 10 aromatic carbocycles. The molecule has 0 aliphatic heterocycles. The first-order valence-corrected chi connectivity index (χ1v) is 21.2. The third-order valence-corrected chi connectivity index (χ3v) is 12.5. The summed E-state index contributed by atoms with van der Waals surface area (Å²) in [7, 11) is 0. The maximum absolute atomic E-state index is 5.13. The Kier molecular flexibility index (Phi) is 8.53. The van der Waals surface area contributed by atoms with Crippen LogP contribution >= 0.6 is 0 Å². The first kappa shape index (κ1) is 35.7. The highest BCUT2D eigenvalue weighted by atomic mass is 14.9. The fraction of sp³-hybridized carbons (Fsp3) is 0. The Morgan fingerprint density at radius 2 is 0.629 bits per heavy atom. The van der Waals surface area contributed by atoms with E-state index in [1.807, 2.05) is 24.3 Å². The second kappa shape index (κ2) is 14.8. The van der Waals surface area contributed by atoms with Crippen molar-refractivity contribution >= 4 is 21.5 Å². The van der Waals surface area contributed by atoms with Crippen LogP contribution in [0.1, 0.15) is 0 Å². The molecule has 11 aromatic rings. The molecule has 0 saturated carbocycles. The highest BCUT2D eigenvalue weighted by molar-refractivity contribution is 6.15. The van der Waals surface area contributed by atoms with Crippen molar-refractivity contribution in [1.82, 2.24) is 9.97 Å². The molecule has 1 aliphatic rings. The molecule has 0 N–H and O–H groups in total. The van der Waals surface area contributed by atoms with Gasteiger partial charge in [0.05, 0.1) is 11.4 Å². The lowest BCUT2D eigenvalue weighted by Crippen LogP contribution is -1.96. The number of aromatic nitrogens is 2. The number of rotatable bonds is 7. The summed E-state index contributed by atoms with van der Waals surface area (Å²) in [6.07, 6.45) is 0. The van der Waals surface area contributed by atoms with E-state index in [-0.39, 0.29) is 0 Å². The Hall–Kier alpha value is -8.20. The van der Waals surface area contributed by atoms with Crippen molar-refractivity contribution in [2.45, 2.75) is 0 Å². The Labute approximate surface area is 361 Å². The summed E-state index contributed by atoms with van der Waals surface area (Å²) in [6, 6.07) is 83.0. The normalized spacial score (nSPS) is 11.5. The van der Waals surface area contributed by atoms with E-state index in [2.05, 4.69) is 206 Å². The average Bonchev–Trinajstić information content (AvgIpc) is 3.68. The zero-order valence-corrected chi connectivity index (χ0v) is 33.8. The van der Waals surface area contributed by atoms with E-state index < -0.39 is 0 Å². The molecule has 288 valence electrons. The molecule has 0 atom stereocenters. The summed E-state index contributed by atoms with van der Waals surface area (Å²) in [5.41, 5.74) is 19.7. The van der Waals surface area contributed by atoms with E-state index in [1.165, 1.54) is 82.7 Å². The van der Waals surface area contributed by atoms with Crippen molar-refractivity contribution < 1.29 is 0 Å². The lowest BCUT2D eigenvalue weighted by Gasteiger charge is -2.15. The minimum Gasteiger partial charge on any atom is -0.228 e. The van der Waals surface area contributed by atoms with Crippen molar-refractivity contribution in [3.05, 3.63) is 231 Å². The fourth-order valence-electron chi connectivity index (χ4n) is 9.28. The van der Waals surface area contributed by atoms with Gasteiger partial charge in [0.25, 0.3) is 0 Å². The Morgan fingerprint density at radius 1 is 0.210 bits per heavy atom. The van der Waals surface area contributed by atoms with Crippen molar-refractivity contribution in [3.63, 3.8) is 0 Å². The highest BCUT2D eigenvalue weighted by Gasteiger charge is 2.21. The Balaban J connectivity index is 0.898. The topological polar surface area (TPSA) is 25.8 Å². The van der Waals surface area contributed by atoms with Gasteiger partial charge in [0, 0.05) is 16.7 Å². The van der Waals surface area contributed by atoms with Crippen LogP contribution < -0.4 is 0 Å². The monoisotopic (exact) mass is 786 g/mol. The average molecular weight is 787 g/mol. The van der Waals surface area contributed by atoms with Crippen LogP contribution in [0, 0.1) is 0 Å². The van der Waals surface area contributed by atoms with Crippen molar-refractivity contribution in [3.8, 4) is 101 Å². The molecule has 0 bridgehead atoms. The van der Waals surface area contributed by atoms with E-state index in [0.717, 1.165) is 33.6 Å². The molecule has 2 nitrogen and oxygen atoms in total. The van der Waals surface area contributed by atoms with Crippen molar-refractivity contribution in [2.75, 3.05) is 0 Å². The number of fused-ring (bicyclic) bond motifs is 4. The molecular weight excluding hydrogens is 749 g/mol. The van der Waals surface area contributed by atoms with Gasteiger partial charge >= 0.3 is 0 Å². The minimum absolute atomic E-state index is 0.705. The van der Waals surface area contributed by atoms with Crippen LogP contribution in [0.3, 0.4) is 0 Å². The lowest BCUT2D eigenvalue weighted by atomic mass is 9.90. The van der Waals surface area contributed by atoms with Crippen LogP contribution in [-0.2, 0) is 0 Å². The highest BCUT2D eigenvalue weighted by Crippen LogP contribution is 2.48. The third kappa shape index (κ3) is 6.29. The third-order valence-electron chi connectivity index (χ3n) is 12.5. The fourth-order valence-corrected chi connectivity index (χ4v) is 9.28. The van der Waals surface area contributed by atoms with Crippen molar-refractivity contribution in [2.24, 2.45) is 0 Å². The second-order valence-corrected chi connectivity index (χ2v) is 16.1. The van der Waals surface area contributed by atoms with Crippen LogP contribution in [-0.4, -0.2) is 9.97 Å². The number of nitrogens with zero attached hydrogens (tertiary/aromatic N) is 2. The summed E-state index contributed by atoms with van der Waals surface area (Å²) in [6.45, 7) is 0. The van der Waals surface area contributed by atoms with Gasteiger partial charge in [-0.1, -0.05) is 206 Å². The first-order valence-electron chi connectivity index (χ1n) is 21.2. The zero-order valence-electron chi connectivity index (χ0n) is 33.8. The summed E-state index contributed by atoms with van der Waals surface area (Å²) in [5.74, 6) is 0.705. The minimum atomic E-state index is 0.705. The van der Waals surface area contributed by atoms with Crippen LogP contribution in [0.4, 0.5) is 0 Å². The molecule has 0 amide bonds. The van der Waals surface area contributed by atoms with Gasteiger partial charge in [0.1, 0.15) is 0 Å². The van der Waals surface area contributed by atoms with E-state index in [1.54, 1.807) is 0 Å². The van der Waals surface area contributed by atoms with E-state index in [9.17, 15) is 0 Å². The predicted octanol–water partition coefficient (Wildman–Crippen LogP) is 16.1. The standard InChI is InChI=1S/C60H38N2/c1-3-11-39(12-4-1)40-23-29-44(30-24-40)57-38-58(62-60(61-57)47-13-5-2-6-14-47)45-31-27-43(28-32-45)55-36-49-16-8-7-15-48(49)35-54(55)42-25-21-41(22-26-42)50-33-34-51-52-19-9-17-46-18-10-20-53(59(46)52)56(51)37-50/h1-38H. The number of benzene rings is 10. The van der Waals surface area contributed by atoms with Gasteiger partial charge in [-0.25, -0.2) is 9.97 Å². The molecule has 0 fully saturated rings. The van der Waals surface area contributed by atoms with Crippen molar-refractivity contribution in [1.29, 1.82) is 0 Å². The summed E-state index contributed by atoms with van der Waals surface area (Å²) in [4.78, 5) is 10.2. The molecule has 0 unspecified atom stereocenters. The smallest absolute Gasteiger partial charge is 0.160 e. The summed E-state index contributed by atoms with van der Waals surface area (Å²) in [5, 5.41) is 5.09. The van der Waals surface area contributed by atoms with Crippen LogP contribution in [0.15, 0.2) is 231 Å². The molecule has 0 saturated heterocycles. The molecule has 12 rings (SSSR count). The van der Waals surface area contributed by atoms with Gasteiger partial charge < -0.3 is 0 Å². The van der Waals surface area contributed by atoms with Gasteiger partial charge in [-0.3, -0.25) is 0 Å². The maximum atomic E-state index is 5.13. The SMILES string of the molecule is c1ccc(-c2ccc(-c3cc(-c4ccc(-c5cc6ccccc6cc5-c5ccc(-c6ccc7c(c6)-c6cccc8cccc-7c68)cc5)cc4)nc(-c4ccccc4)n3)cc2)cc1. The molecule has 62 heavy (non-hydrogen) atoms.